The topological polar surface area (TPSA) is 3.24 Å². The van der Waals surface area contributed by atoms with E-state index in [0.717, 1.165) is 19.0 Å². The molecule has 0 aromatic heterocycles. The standard InChI is InChI=1S/C15H23N/c1-11(2)7-13-5-6-14-9-16(12(3)4)10-15(14)8-13/h5-6,8,11-12H,7,9-10H2,1-4H3. The predicted octanol–water partition coefficient (Wildman–Crippen LogP) is 3.61. The highest BCUT2D eigenvalue weighted by molar-refractivity contribution is 5.35. The first-order valence-corrected chi connectivity index (χ1v) is 6.41. The largest absolute Gasteiger partial charge is 0.292 e. The normalized spacial score (nSPS) is 16.1. The molecule has 0 unspecified atom stereocenters. The molecular weight excluding hydrogens is 194 g/mol. The highest BCUT2D eigenvalue weighted by Crippen LogP contribution is 2.26. The van der Waals surface area contributed by atoms with Gasteiger partial charge in [-0.1, -0.05) is 32.0 Å². The van der Waals surface area contributed by atoms with E-state index in [-0.39, 0.29) is 0 Å². The molecule has 16 heavy (non-hydrogen) atoms. The molecule has 1 aromatic rings. The lowest BCUT2D eigenvalue weighted by molar-refractivity contribution is 0.227. The van der Waals surface area contributed by atoms with E-state index >= 15 is 0 Å². The molecule has 0 spiro atoms. The summed E-state index contributed by atoms with van der Waals surface area (Å²) in [6.07, 6.45) is 1.20. The maximum absolute atomic E-state index is 2.53. The highest BCUT2D eigenvalue weighted by atomic mass is 15.2. The summed E-state index contributed by atoms with van der Waals surface area (Å²) in [5.41, 5.74) is 4.58. The smallest absolute Gasteiger partial charge is 0.0243 e. The van der Waals surface area contributed by atoms with E-state index in [2.05, 4.69) is 50.8 Å². The summed E-state index contributed by atoms with van der Waals surface area (Å²) in [6.45, 7) is 11.4. The van der Waals surface area contributed by atoms with Gasteiger partial charge in [0.1, 0.15) is 0 Å². The zero-order valence-electron chi connectivity index (χ0n) is 11.0. The fourth-order valence-electron chi connectivity index (χ4n) is 2.44. The second kappa shape index (κ2) is 4.58. The molecule has 1 heteroatoms. The Balaban J connectivity index is 2.14. The zero-order valence-corrected chi connectivity index (χ0v) is 11.0. The second-order valence-electron chi connectivity index (χ2n) is 5.70. The van der Waals surface area contributed by atoms with Gasteiger partial charge in [-0.15, -0.1) is 0 Å². The van der Waals surface area contributed by atoms with Gasteiger partial charge in [-0.3, -0.25) is 4.90 Å². The first kappa shape index (κ1) is 11.7. The second-order valence-corrected chi connectivity index (χ2v) is 5.70. The molecule has 0 radical (unpaired) electrons. The van der Waals surface area contributed by atoms with Crippen LogP contribution in [0.25, 0.3) is 0 Å². The summed E-state index contributed by atoms with van der Waals surface area (Å²) in [7, 11) is 0. The monoisotopic (exact) mass is 217 g/mol. The minimum Gasteiger partial charge on any atom is -0.292 e. The van der Waals surface area contributed by atoms with E-state index in [0.29, 0.717) is 6.04 Å². The van der Waals surface area contributed by atoms with Gasteiger partial charge >= 0.3 is 0 Å². The molecule has 1 aromatic carbocycles. The van der Waals surface area contributed by atoms with Crippen molar-refractivity contribution in [2.45, 2.75) is 53.2 Å². The van der Waals surface area contributed by atoms with Crippen molar-refractivity contribution >= 4 is 0 Å². The molecule has 0 saturated carbocycles. The van der Waals surface area contributed by atoms with E-state index in [1.54, 1.807) is 5.56 Å². The molecule has 88 valence electrons. The van der Waals surface area contributed by atoms with Crippen LogP contribution in [-0.4, -0.2) is 10.9 Å². The Labute approximate surface area is 99.5 Å². The van der Waals surface area contributed by atoms with Crippen LogP contribution in [0.3, 0.4) is 0 Å². The average Bonchev–Trinajstić information content (AvgIpc) is 2.59. The number of nitrogens with zero attached hydrogens (tertiary/aromatic N) is 1. The molecule has 0 atom stereocenters. The van der Waals surface area contributed by atoms with E-state index in [4.69, 9.17) is 0 Å². The van der Waals surface area contributed by atoms with E-state index in [9.17, 15) is 0 Å². The minimum atomic E-state index is 0.654. The summed E-state index contributed by atoms with van der Waals surface area (Å²) in [5, 5.41) is 0. The maximum Gasteiger partial charge on any atom is 0.0243 e. The molecule has 2 rings (SSSR count). The van der Waals surface area contributed by atoms with Crippen LogP contribution in [0.2, 0.25) is 0 Å². The van der Waals surface area contributed by atoms with Crippen LogP contribution in [0.5, 0.6) is 0 Å². The van der Waals surface area contributed by atoms with Crippen LogP contribution in [0.1, 0.15) is 44.4 Å². The molecule has 1 heterocycles. The van der Waals surface area contributed by atoms with Crippen LogP contribution in [0.4, 0.5) is 0 Å². The van der Waals surface area contributed by atoms with Crippen molar-refractivity contribution in [2.24, 2.45) is 5.92 Å². The van der Waals surface area contributed by atoms with Crippen molar-refractivity contribution in [1.29, 1.82) is 0 Å². The van der Waals surface area contributed by atoms with Crippen molar-refractivity contribution in [3.8, 4) is 0 Å². The third-order valence-electron chi connectivity index (χ3n) is 3.39. The fourth-order valence-corrected chi connectivity index (χ4v) is 2.44. The Morgan fingerprint density at radius 1 is 1.06 bits per heavy atom. The number of fused-ring (bicyclic) bond motifs is 1. The van der Waals surface area contributed by atoms with Gasteiger partial charge in [-0.05, 0) is 42.9 Å². The molecular formula is C15H23N. The Morgan fingerprint density at radius 2 is 1.75 bits per heavy atom. The van der Waals surface area contributed by atoms with Crippen LogP contribution in [0.15, 0.2) is 18.2 Å². The van der Waals surface area contributed by atoms with Gasteiger partial charge in [0.05, 0.1) is 0 Å². The highest BCUT2D eigenvalue weighted by Gasteiger charge is 2.20. The Bertz CT molecular complexity index is 366. The Hall–Kier alpha value is -0.820. The van der Waals surface area contributed by atoms with Gasteiger partial charge in [-0.25, -0.2) is 0 Å². The van der Waals surface area contributed by atoms with E-state index < -0.39 is 0 Å². The van der Waals surface area contributed by atoms with Crippen LogP contribution >= 0.6 is 0 Å². The Morgan fingerprint density at radius 3 is 2.38 bits per heavy atom. The van der Waals surface area contributed by atoms with Gasteiger partial charge in [0.2, 0.25) is 0 Å². The molecule has 0 fully saturated rings. The number of rotatable bonds is 3. The number of benzene rings is 1. The molecule has 0 N–H and O–H groups in total. The van der Waals surface area contributed by atoms with Gasteiger partial charge < -0.3 is 0 Å². The van der Waals surface area contributed by atoms with Crippen LogP contribution in [-0.2, 0) is 19.5 Å². The fraction of sp³-hybridized carbons (Fsp3) is 0.600. The minimum absolute atomic E-state index is 0.654. The number of hydrogen-bond acceptors (Lipinski definition) is 1. The van der Waals surface area contributed by atoms with Crippen molar-refractivity contribution in [3.63, 3.8) is 0 Å². The lowest BCUT2D eigenvalue weighted by Gasteiger charge is -2.18. The van der Waals surface area contributed by atoms with Gasteiger partial charge in [0.25, 0.3) is 0 Å². The van der Waals surface area contributed by atoms with Gasteiger partial charge in [-0.2, -0.15) is 0 Å². The summed E-state index contributed by atoms with van der Waals surface area (Å²) >= 11 is 0. The molecule has 1 nitrogen and oxygen atoms in total. The zero-order chi connectivity index (χ0) is 11.7. The van der Waals surface area contributed by atoms with E-state index in [1.165, 1.54) is 17.5 Å². The first-order valence-electron chi connectivity index (χ1n) is 6.41. The molecule has 0 bridgehead atoms. The van der Waals surface area contributed by atoms with Crippen LogP contribution < -0.4 is 0 Å². The summed E-state index contributed by atoms with van der Waals surface area (Å²) in [5.74, 6) is 0.751. The van der Waals surface area contributed by atoms with Crippen LogP contribution in [0, 0.1) is 5.92 Å². The third kappa shape index (κ3) is 2.46. The lowest BCUT2D eigenvalue weighted by Crippen LogP contribution is -2.24. The van der Waals surface area contributed by atoms with Crippen molar-refractivity contribution in [1.82, 2.24) is 4.90 Å². The molecule has 1 aliphatic rings. The maximum atomic E-state index is 2.53. The lowest BCUT2D eigenvalue weighted by atomic mass is 9.99. The first-order chi connectivity index (χ1) is 7.56. The van der Waals surface area contributed by atoms with Gasteiger partial charge in [0.15, 0.2) is 0 Å². The molecule has 0 aliphatic carbocycles. The quantitative estimate of drug-likeness (QED) is 0.747. The predicted molar refractivity (Wildman–Crippen MR) is 69.4 cm³/mol. The summed E-state index contributed by atoms with van der Waals surface area (Å²) in [6, 6.07) is 7.71. The van der Waals surface area contributed by atoms with Crippen molar-refractivity contribution in [2.75, 3.05) is 0 Å². The molecule has 0 amide bonds. The molecule has 1 aliphatic heterocycles. The van der Waals surface area contributed by atoms with Crippen molar-refractivity contribution < 1.29 is 0 Å². The van der Waals surface area contributed by atoms with Gasteiger partial charge in [0, 0.05) is 19.1 Å². The van der Waals surface area contributed by atoms with Crippen molar-refractivity contribution in [3.05, 3.63) is 34.9 Å². The molecule has 0 saturated heterocycles. The SMILES string of the molecule is CC(C)Cc1ccc2c(c1)CN(C(C)C)C2. The van der Waals surface area contributed by atoms with E-state index in [1.807, 2.05) is 0 Å². The average molecular weight is 217 g/mol. The number of hydrogen-bond donors (Lipinski definition) is 0. The summed E-state index contributed by atoms with van der Waals surface area (Å²) < 4.78 is 0. The summed E-state index contributed by atoms with van der Waals surface area (Å²) in [4.78, 5) is 2.53. The Kier molecular flexibility index (Phi) is 3.34. The third-order valence-corrected chi connectivity index (χ3v) is 3.39.